The Hall–Kier alpha value is -2.75. The van der Waals surface area contributed by atoms with E-state index in [1.54, 1.807) is 24.4 Å². The van der Waals surface area contributed by atoms with E-state index in [4.69, 9.17) is 4.55 Å². The number of rotatable bonds is 11. The van der Waals surface area contributed by atoms with Gasteiger partial charge >= 0.3 is 5.97 Å². The van der Waals surface area contributed by atoms with Crippen molar-refractivity contribution >= 4 is 40.3 Å². The highest BCUT2D eigenvalue weighted by Gasteiger charge is 2.14. The Kier molecular flexibility index (Phi) is 8.16. The minimum Gasteiger partial charge on any atom is -0.478 e. The molecule has 0 fully saturated rings. The maximum absolute atomic E-state index is 11.9. The predicted molar refractivity (Wildman–Crippen MR) is 124 cm³/mol. The molecule has 0 saturated heterocycles. The first-order valence-corrected chi connectivity index (χ1v) is 11.9. The van der Waals surface area contributed by atoms with E-state index in [2.05, 4.69) is 16.6 Å². The Morgan fingerprint density at radius 1 is 1.29 bits per heavy atom. The smallest absolute Gasteiger partial charge is 0.332 e. The van der Waals surface area contributed by atoms with Crippen LogP contribution in [0.25, 0.3) is 6.08 Å². The fraction of sp³-hybridized carbons (Fsp3) is 0.273. The van der Waals surface area contributed by atoms with Crippen molar-refractivity contribution < 1.29 is 18.7 Å². The van der Waals surface area contributed by atoms with Crippen LogP contribution in [-0.2, 0) is 35.4 Å². The van der Waals surface area contributed by atoms with Crippen LogP contribution in [-0.4, -0.2) is 29.4 Å². The van der Waals surface area contributed by atoms with Crippen LogP contribution in [0.1, 0.15) is 41.7 Å². The lowest BCUT2D eigenvalue weighted by molar-refractivity contribution is -0.132. The molecule has 1 unspecified atom stereocenters. The zero-order valence-electron chi connectivity index (χ0n) is 17.2. The number of hydrogen-bond acceptors (Lipinski definition) is 4. The zero-order valence-corrected chi connectivity index (χ0v) is 18.8. The molecule has 1 atom stereocenters. The Bertz CT molecular complexity index is 1060. The highest BCUT2D eigenvalue weighted by atomic mass is 32.2. The molecule has 2 aromatic heterocycles. The Morgan fingerprint density at radius 3 is 2.68 bits per heavy atom. The lowest BCUT2D eigenvalue weighted by atomic mass is 10.1. The van der Waals surface area contributed by atoms with Gasteiger partial charge in [-0.25, -0.2) is 14.0 Å². The van der Waals surface area contributed by atoms with Crippen LogP contribution in [0.5, 0.6) is 0 Å². The maximum atomic E-state index is 11.9. The monoisotopic (exact) mass is 459 g/mol. The number of thiophene rings is 1. The number of nitrogens with one attached hydrogen (secondary N) is 1. The lowest BCUT2D eigenvalue weighted by Crippen LogP contribution is -2.09. The van der Waals surface area contributed by atoms with Gasteiger partial charge in [0.05, 0.1) is 11.9 Å². The lowest BCUT2D eigenvalue weighted by Gasteiger charge is -2.12. The van der Waals surface area contributed by atoms with Crippen molar-refractivity contribution in [2.24, 2.45) is 0 Å². The van der Waals surface area contributed by atoms with Gasteiger partial charge in [0.15, 0.2) is 0 Å². The average Bonchev–Trinajstić information content (AvgIpc) is 3.37. The first-order valence-electron chi connectivity index (χ1n) is 9.93. The number of carbonyl (C=O) groups is 1. The Balaban J connectivity index is 1.90. The molecule has 2 heterocycles. The number of carboxylic acids is 1. The Morgan fingerprint density at radius 2 is 2.06 bits per heavy atom. The van der Waals surface area contributed by atoms with Crippen LogP contribution < -0.4 is 4.72 Å². The first-order chi connectivity index (χ1) is 15.0. The third-order valence-corrected chi connectivity index (χ3v) is 6.05. The van der Waals surface area contributed by atoms with Crippen molar-refractivity contribution in [1.29, 1.82) is 0 Å². The molecule has 0 saturated carbocycles. The molecule has 0 radical (unpaired) electrons. The van der Waals surface area contributed by atoms with Gasteiger partial charge in [-0.2, -0.15) is 0 Å². The molecule has 164 valence electrons. The first kappa shape index (κ1) is 22.9. The fourth-order valence-corrected chi connectivity index (χ4v) is 4.26. The quantitative estimate of drug-likeness (QED) is 0.287. The predicted octanol–water partition coefficient (Wildman–Crippen LogP) is 4.59. The summed E-state index contributed by atoms with van der Waals surface area (Å²) >= 11 is -0.583. The summed E-state index contributed by atoms with van der Waals surface area (Å²) in [4.78, 5) is 17.4. The zero-order chi connectivity index (χ0) is 22.2. The molecular formula is C22H25N3O4S2. The highest BCUT2D eigenvalue weighted by molar-refractivity contribution is 7.80. The van der Waals surface area contributed by atoms with E-state index >= 15 is 0 Å². The number of unbranched alkanes of at least 4 members (excludes halogenated alkanes) is 1. The van der Waals surface area contributed by atoms with Crippen LogP contribution in [0.3, 0.4) is 0 Å². The number of carboxylic acid groups (broad SMARTS) is 1. The van der Waals surface area contributed by atoms with Gasteiger partial charge in [0.2, 0.25) is 0 Å². The van der Waals surface area contributed by atoms with Crippen molar-refractivity contribution in [2.75, 3.05) is 4.72 Å². The molecule has 7 nitrogen and oxygen atoms in total. The average molecular weight is 460 g/mol. The normalized spacial score (nSPS) is 12.6. The number of imidazole rings is 1. The van der Waals surface area contributed by atoms with Gasteiger partial charge in [-0.05, 0) is 41.6 Å². The van der Waals surface area contributed by atoms with Crippen molar-refractivity contribution in [2.45, 2.75) is 39.2 Å². The highest BCUT2D eigenvalue weighted by Crippen LogP contribution is 2.20. The van der Waals surface area contributed by atoms with Crippen molar-refractivity contribution in [3.05, 3.63) is 75.5 Å². The number of aliphatic carboxylic acids is 1. The summed E-state index contributed by atoms with van der Waals surface area (Å²) < 4.78 is 24.3. The minimum absolute atomic E-state index is 0.315. The second-order valence-electron chi connectivity index (χ2n) is 7.07. The second-order valence-corrected chi connectivity index (χ2v) is 8.80. The minimum atomic E-state index is -2.12. The molecule has 0 aliphatic carbocycles. The number of anilines is 1. The van der Waals surface area contributed by atoms with E-state index in [1.807, 2.05) is 34.2 Å². The van der Waals surface area contributed by atoms with Crippen LogP contribution in [0.15, 0.2) is 53.5 Å². The molecule has 0 amide bonds. The van der Waals surface area contributed by atoms with Gasteiger partial charge in [-0.3, -0.25) is 9.27 Å². The summed E-state index contributed by atoms with van der Waals surface area (Å²) in [6, 6.07) is 11.1. The third-order valence-electron chi connectivity index (χ3n) is 4.76. The van der Waals surface area contributed by atoms with Crippen molar-refractivity contribution in [3.63, 3.8) is 0 Å². The topological polar surface area (TPSA) is 104 Å². The number of nitrogens with zero attached hydrogens (tertiary/aromatic N) is 2. The number of aryl methyl sites for hydroxylation is 1. The van der Waals surface area contributed by atoms with E-state index in [0.717, 1.165) is 41.2 Å². The molecule has 9 heteroatoms. The van der Waals surface area contributed by atoms with Crippen molar-refractivity contribution in [3.8, 4) is 0 Å². The molecule has 0 bridgehead atoms. The summed E-state index contributed by atoms with van der Waals surface area (Å²) in [5, 5.41) is 11.7. The van der Waals surface area contributed by atoms with Gasteiger partial charge in [0.1, 0.15) is 5.82 Å². The van der Waals surface area contributed by atoms with Crippen molar-refractivity contribution in [1.82, 2.24) is 9.55 Å². The fourth-order valence-electron chi connectivity index (χ4n) is 3.19. The van der Waals surface area contributed by atoms with Gasteiger partial charge in [0.25, 0.3) is 11.3 Å². The SMILES string of the molecule is CCCCc1ncc(C=C(Cc2cccs2)C(=O)O)n1Cc1ccc(NS(=O)O)cc1. The molecule has 0 spiro atoms. The molecule has 3 aromatic rings. The third kappa shape index (κ3) is 6.61. The summed E-state index contributed by atoms with van der Waals surface area (Å²) in [5.41, 5.74) is 2.59. The van der Waals surface area contributed by atoms with Gasteiger partial charge in [0, 0.05) is 35.5 Å². The molecule has 0 aliphatic rings. The van der Waals surface area contributed by atoms with E-state index in [-0.39, 0.29) is 0 Å². The molecular weight excluding hydrogens is 434 g/mol. The summed E-state index contributed by atoms with van der Waals surface area (Å²) in [6.07, 6.45) is 6.63. The number of aromatic nitrogens is 2. The summed E-state index contributed by atoms with van der Waals surface area (Å²) in [7, 11) is 0. The van der Waals surface area contributed by atoms with Crippen LogP contribution in [0.4, 0.5) is 5.69 Å². The summed E-state index contributed by atoms with van der Waals surface area (Å²) in [6.45, 7) is 2.65. The van der Waals surface area contributed by atoms with Crippen LogP contribution >= 0.6 is 11.3 Å². The second kappa shape index (κ2) is 11.0. The van der Waals surface area contributed by atoms with E-state index in [9.17, 15) is 14.1 Å². The standard InChI is InChI=1S/C22H25N3O4S2/c1-2-3-6-21-23-14-19(12-17(22(26)27)13-20-5-4-11-30-20)25(21)15-16-7-9-18(10-8-16)24-31(28)29/h4-5,7-12,14,24H,2-3,6,13,15H2,1H3,(H,26,27)(H,28,29). The van der Waals surface area contributed by atoms with Gasteiger partial charge in [-0.1, -0.05) is 31.5 Å². The largest absolute Gasteiger partial charge is 0.478 e. The van der Waals surface area contributed by atoms with E-state index < -0.39 is 17.2 Å². The van der Waals surface area contributed by atoms with Gasteiger partial charge < -0.3 is 9.67 Å². The van der Waals surface area contributed by atoms with Gasteiger partial charge in [-0.15, -0.1) is 11.3 Å². The Labute approximate surface area is 187 Å². The summed E-state index contributed by atoms with van der Waals surface area (Å²) in [5.74, 6) is -0.0312. The molecule has 3 rings (SSSR count). The molecule has 1 aromatic carbocycles. The number of hydrogen-bond donors (Lipinski definition) is 3. The molecule has 31 heavy (non-hydrogen) atoms. The molecule has 3 N–H and O–H groups in total. The van der Waals surface area contributed by atoms with Crippen LogP contribution in [0, 0.1) is 0 Å². The van der Waals surface area contributed by atoms with E-state index in [0.29, 0.717) is 24.2 Å². The van der Waals surface area contributed by atoms with E-state index in [1.165, 1.54) is 11.3 Å². The van der Waals surface area contributed by atoms with Crippen LogP contribution in [0.2, 0.25) is 0 Å². The maximum Gasteiger partial charge on any atom is 0.332 e. The molecule has 0 aliphatic heterocycles. The number of benzene rings is 1.